The molecule has 0 aromatic rings. The van der Waals surface area contributed by atoms with E-state index in [0.29, 0.717) is 25.7 Å². The van der Waals surface area contributed by atoms with E-state index in [2.05, 4.69) is 48.1 Å². The maximum Gasteiger partial charge on any atom is 0.310 e. The smallest absolute Gasteiger partial charge is 0.310 e. The van der Waals surface area contributed by atoms with Crippen LogP contribution in [0.1, 0.15) is 107 Å². The van der Waals surface area contributed by atoms with E-state index >= 15 is 0 Å². The Morgan fingerprint density at radius 2 is 1.41 bits per heavy atom. The summed E-state index contributed by atoms with van der Waals surface area (Å²) in [5.41, 5.74) is -1.63. The van der Waals surface area contributed by atoms with Crippen LogP contribution < -0.4 is 0 Å². The largest absolute Gasteiger partial charge is 0.481 e. The van der Waals surface area contributed by atoms with Crippen LogP contribution >= 0.6 is 0 Å². The number of aliphatic carboxylic acids is 1. The highest BCUT2D eigenvalue weighted by Gasteiger charge is 2.77. The highest BCUT2D eigenvalue weighted by Crippen LogP contribution is 2.78. The number of carboxylic acids is 1. The van der Waals surface area contributed by atoms with Crippen molar-refractivity contribution in [1.29, 1.82) is 0 Å². The van der Waals surface area contributed by atoms with Crippen LogP contribution in [0.25, 0.3) is 0 Å². The molecule has 0 aromatic heterocycles. The van der Waals surface area contributed by atoms with Crippen molar-refractivity contribution in [1.82, 2.24) is 0 Å². The number of aliphatic hydroxyl groups is 1. The van der Waals surface area contributed by atoms with E-state index in [4.69, 9.17) is 9.47 Å². The van der Waals surface area contributed by atoms with Gasteiger partial charge in [-0.3, -0.25) is 14.4 Å². The molecule has 7 nitrogen and oxygen atoms in total. The molecule has 0 bridgehead atoms. The Bertz CT molecular complexity index is 1140. The van der Waals surface area contributed by atoms with Crippen molar-refractivity contribution in [3.63, 3.8) is 0 Å². The number of allylic oxidation sites excluding steroid dienone is 1. The lowest BCUT2D eigenvalue weighted by Crippen LogP contribution is -2.72. The molecule has 12 atom stereocenters. The molecule has 0 aromatic carbocycles. The van der Waals surface area contributed by atoms with Gasteiger partial charge in [0.15, 0.2) is 0 Å². The second kappa shape index (κ2) is 9.56. The first-order valence-corrected chi connectivity index (χ1v) is 15.8. The van der Waals surface area contributed by atoms with Crippen molar-refractivity contribution in [2.24, 2.45) is 56.7 Å². The molecule has 5 rings (SSSR count). The highest BCUT2D eigenvalue weighted by atomic mass is 16.6. The standard InChI is InChI=1S/C34H52O7/c1-18(2)21-16-25(37)31(7)14-15-32(8)22(28(21)31)10-11-24-33(9)23(12-13-34(24,32)29(38)39)30(5,6)26(40-19(3)35)17-27(33)41-20(4)36/h21-28,37H,1,10-17H2,2-9H3,(H,38,39)/t21-,22+,23-,24+,25-,26-,27+,28+,31-,32+,33-,34+/m0/s1. The summed E-state index contributed by atoms with van der Waals surface area (Å²) in [5, 5.41) is 22.7. The van der Waals surface area contributed by atoms with Crippen molar-refractivity contribution in [3.8, 4) is 0 Å². The first kappa shape index (κ1) is 30.6. The Kier molecular flexibility index (Phi) is 7.12. The first-order valence-electron chi connectivity index (χ1n) is 15.8. The molecule has 5 aliphatic rings. The molecule has 230 valence electrons. The van der Waals surface area contributed by atoms with Gasteiger partial charge in [0.25, 0.3) is 0 Å². The summed E-state index contributed by atoms with van der Waals surface area (Å²) < 4.78 is 11.9. The van der Waals surface area contributed by atoms with Crippen molar-refractivity contribution in [2.45, 2.75) is 125 Å². The molecular weight excluding hydrogens is 520 g/mol. The van der Waals surface area contributed by atoms with E-state index in [0.717, 1.165) is 31.3 Å². The number of rotatable bonds is 4. The Hall–Kier alpha value is -1.89. The highest BCUT2D eigenvalue weighted by molar-refractivity contribution is 5.77. The Morgan fingerprint density at radius 3 is 1.98 bits per heavy atom. The summed E-state index contributed by atoms with van der Waals surface area (Å²) in [6.07, 6.45) is 4.09. The van der Waals surface area contributed by atoms with Gasteiger partial charge in [0, 0.05) is 31.1 Å². The maximum atomic E-state index is 13.9. The van der Waals surface area contributed by atoms with Gasteiger partial charge in [-0.05, 0) is 92.3 Å². The summed E-state index contributed by atoms with van der Waals surface area (Å²) in [6.45, 7) is 20.1. The van der Waals surface area contributed by atoms with Crippen molar-refractivity contribution in [2.75, 3.05) is 0 Å². The zero-order chi connectivity index (χ0) is 30.5. The van der Waals surface area contributed by atoms with Crippen molar-refractivity contribution >= 4 is 17.9 Å². The Labute approximate surface area is 245 Å². The summed E-state index contributed by atoms with van der Waals surface area (Å²) in [4.78, 5) is 38.5. The van der Waals surface area contributed by atoms with Crippen LogP contribution in [0, 0.1) is 56.7 Å². The van der Waals surface area contributed by atoms with Crippen LogP contribution in [-0.2, 0) is 23.9 Å². The molecule has 5 saturated carbocycles. The number of fused-ring (bicyclic) bond motifs is 7. The van der Waals surface area contributed by atoms with E-state index in [1.54, 1.807) is 0 Å². The van der Waals surface area contributed by atoms with Crippen molar-refractivity contribution in [3.05, 3.63) is 12.2 Å². The molecule has 0 spiro atoms. The molecule has 5 aliphatic carbocycles. The van der Waals surface area contributed by atoms with Gasteiger partial charge < -0.3 is 19.7 Å². The topological polar surface area (TPSA) is 110 Å². The van der Waals surface area contributed by atoms with Gasteiger partial charge >= 0.3 is 17.9 Å². The fourth-order valence-corrected chi connectivity index (χ4v) is 12.2. The van der Waals surface area contributed by atoms with Crippen LogP contribution in [0.3, 0.4) is 0 Å². The first-order chi connectivity index (χ1) is 18.9. The molecule has 0 radical (unpaired) electrons. The minimum atomic E-state index is -0.988. The van der Waals surface area contributed by atoms with Crippen LogP contribution in [0.15, 0.2) is 12.2 Å². The van der Waals surface area contributed by atoms with E-state index in [1.165, 1.54) is 13.8 Å². The Morgan fingerprint density at radius 1 is 0.805 bits per heavy atom. The van der Waals surface area contributed by atoms with E-state index in [-0.39, 0.29) is 46.9 Å². The SMILES string of the molecule is C=C(C)[C@@H]1C[C@H](O)[C@]2(C)CC[C@]3(C)[C@H](CC[C@@H]4[C@@]5(C)[C@H](OC(C)=O)C[C@H](OC(C)=O)C(C)(C)[C@@H]5CC[C@]43C(=O)O)[C@@H]12. The quantitative estimate of drug-likeness (QED) is 0.306. The lowest BCUT2D eigenvalue weighted by atomic mass is 9.31. The van der Waals surface area contributed by atoms with Gasteiger partial charge in [0.1, 0.15) is 12.2 Å². The number of esters is 2. The summed E-state index contributed by atoms with van der Waals surface area (Å²) in [7, 11) is 0. The second-order valence-electron chi connectivity index (χ2n) is 15.9. The van der Waals surface area contributed by atoms with Gasteiger partial charge in [0.2, 0.25) is 0 Å². The lowest BCUT2D eigenvalue weighted by Gasteiger charge is -2.72. The molecule has 0 unspecified atom stereocenters. The van der Waals surface area contributed by atoms with Crippen LogP contribution in [0.4, 0.5) is 0 Å². The van der Waals surface area contributed by atoms with Gasteiger partial charge in [-0.15, -0.1) is 0 Å². The minimum Gasteiger partial charge on any atom is -0.481 e. The monoisotopic (exact) mass is 572 g/mol. The van der Waals surface area contributed by atoms with Gasteiger partial charge in [-0.25, -0.2) is 0 Å². The average Bonchev–Trinajstić information content (AvgIpc) is 3.12. The van der Waals surface area contributed by atoms with E-state index < -0.39 is 45.9 Å². The van der Waals surface area contributed by atoms with E-state index in [9.17, 15) is 24.6 Å². The molecule has 41 heavy (non-hydrogen) atoms. The summed E-state index contributed by atoms with van der Waals surface area (Å²) >= 11 is 0. The Balaban J connectivity index is 1.65. The molecule has 0 saturated heterocycles. The third-order valence-corrected chi connectivity index (χ3v) is 14.1. The molecule has 5 fully saturated rings. The fraction of sp³-hybridized carbons (Fsp3) is 0.853. The predicted octanol–water partition coefficient (Wildman–Crippen LogP) is 6.17. The maximum absolute atomic E-state index is 13.9. The number of hydrogen-bond acceptors (Lipinski definition) is 6. The fourth-order valence-electron chi connectivity index (χ4n) is 12.2. The molecule has 0 amide bonds. The third-order valence-electron chi connectivity index (χ3n) is 14.1. The molecule has 0 heterocycles. The number of ether oxygens (including phenoxy) is 2. The molecule has 0 aliphatic heterocycles. The van der Waals surface area contributed by atoms with Crippen LogP contribution in [-0.4, -0.2) is 46.4 Å². The molecular formula is C34H52O7. The zero-order valence-electron chi connectivity index (χ0n) is 26.4. The second-order valence-corrected chi connectivity index (χ2v) is 15.9. The summed E-state index contributed by atoms with van der Waals surface area (Å²) in [5.74, 6) is -1.13. The van der Waals surface area contributed by atoms with Gasteiger partial charge in [-0.1, -0.05) is 46.8 Å². The zero-order valence-corrected chi connectivity index (χ0v) is 26.4. The number of hydrogen-bond donors (Lipinski definition) is 2. The minimum absolute atomic E-state index is 0.0143. The van der Waals surface area contributed by atoms with Crippen LogP contribution in [0.5, 0.6) is 0 Å². The molecule has 7 heteroatoms. The van der Waals surface area contributed by atoms with Gasteiger partial charge in [0.05, 0.1) is 11.5 Å². The number of carbonyl (C=O) groups excluding carboxylic acids is 2. The van der Waals surface area contributed by atoms with Crippen molar-refractivity contribution < 1.29 is 34.1 Å². The normalized spacial score (nSPS) is 49.9. The number of aliphatic hydroxyl groups excluding tert-OH is 1. The molecule has 2 N–H and O–H groups in total. The average molecular weight is 573 g/mol. The third kappa shape index (κ3) is 3.88. The summed E-state index contributed by atoms with van der Waals surface area (Å²) in [6, 6.07) is 0. The lowest BCUT2D eigenvalue weighted by molar-refractivity contribution is -0.281. The van der Waals surface area contributed by atoms with E-state index in [1.807, 2.05) is 0 Å². The number of carboxylic acid groups (broad SMARTS) is 1. The van der Waals surface area contributed by atoms with Crippen LogP contribution in [0.2, 0.25) is 0 Å². The van der Waals surface area contributed by atoms with Gasteiger partial charge in [-0.2, -0.15) is 0 Å². The predicted molar refractivity (Wildman–Crippen MR) is 154 cm³/mol. The number of carbonyl (C=O) groups is 3.